The summed E-state index contributed by atoms with van der Waals surface area (Å²) in [6.07, 6.45) is 9.74. The van der Waals surface area contributed by atoms with E-state index in [4.69, 9.17) is 0 Å². The molecule has 0 radical (unpaired) electrons. The molecule has 0 saturated carbocycles. The molecule has 66 valence electrons. The van der Waals surface area contributed by atoms with Crippen LogP contribution in [-0.2, 0) is 0 Å². The molecule has 0 N–H and O–H groups in total. The van der Waals surface area contributed by atoms with Crippen LogP contribution < -0.4 is 0 Å². The first kappa shape index (κ1) is 8.17. The molecule has 2 rings (SSSR count). The van der Waals surface area contributed by atoms with Crippen molar-refractivity contribution in [1.82, 2.24) is 4.98 Å². The summed E-state index contributed by atoms with van der Waals surface area (Å²) in [5.74, 6) is 0. The topological polar surface area (TPSA) is 25.2 Å². The van der Waals surface area contributed by atoms with Crippen LogP contribution in [0.15, 0.2) is 29.5 Å². The third-order valence-corrected chi connectivity index (χ3v) is 2.09. The molecule has 0 amide bonds. The van der Waals surface area contributed by atoms with E-state index in [0.29, 0.717) is 0 Å². The first-order chi connectivity index (χ1) is 6.17. The first-order valence-corrected chi connectivity index (χ1v) is 4.36. The number of pyridine rings is 1. The summed E-state index contributed by atoms with van der Waals surface area (Å²) in [6.45, 7) is 4.17. The third-order valence-electron chi connectivity index (χ3n) is 2.09. The van der Waals surface area contributed by atoms with Gasteiger partial charge in [0.1, 0.15) is 0 Å². The minimum absolute atomic E-state index is 0.0982. The number of fused-ring (bicyclic) bond motifs is 1. The van der Waals surface area contributed by atoms with E-state index in [2.05, 4.69) is 36.0 Å². The van der Waals surface area contributed by atoms with Gasteiger partial charge in [0, 0.05) is 29.7 Å². The molecule has 0 aliphatic carbocycles. The molecule has 1 aromatic heterocycles. The molecule has 1 aliphatic heterocycles. The van der Waals surface area contributed by atoms with Gasteiger partial charge in [-0.2, -0.15) is 0 Å². The maximum atomic E-state index is 4.46. The summed E-state index contributed by atoms with van der Waals surface area (Å²) in [5, 5.41) is 0. The lowest BCUT2D eigenvalue weighted by atomic mass is 10.1. The van der Waals surface area contributed by atoms with E-state index >= 15 is 0 Å². The Kier molecular flexibility index (Phi) is 1.76. The van der Waals surface area contributed by atoms with Gasteiger partial charge in [0.05, 0.1) is 5.54 Å². The Morgan fingerprint density at radius 1 is 1.23 bits per heavy atom. The van der Waals surface area contributed by atoms with Gasteiger partial charge < -0.3 is 0 Å². The fraction of sp³-hybridized carbons (Fsp3) is 0.273. The Morgan fingerprint density at radius 3 is 2.92 bits per heavy atom. The predicted molar refractivity (Wildman–Crippen MR) is 54.9 cm³/mol. The van der Waals surface area contributed by atoms with Gasteiger partial charge >= 0.3 is 0 Å². The van der Waals surface area contributed by atoms with Crippen molar-refractivity contribution in [2.45, 2.75) is 19.4 Å². The zero-order chi connectivity index (χ0) is 9.31. The maximum absolute atomic E-state index is 4.46. The second-order valence-electron chi connectivity index (χ2n) is 3.75. The van der Waals surface area contributed by atoms with E-state index in [1.807, 2.05) is 18.5 Å². The Bertz CT molecular complexity index is 340. The molecule has 1 aromatic rings. The van der Waals surface area contributed by atoms with E-state index in [1.54, 1.807) is 6.20 Å². The van der Waals surface area contributed by atoms with Crippen LogP contribution in [0.5, 0.6) is 0 Å². The minimum atomic E-state index is -0.0982. The molecule has 0 bridgehead atoms. The second kappa shape index (κ2) is 2.80. The lowest BCUT2D eigenvalue weighted by molar-refractivity contribution is 0.665. The van der Waals surface area contributed by atoms with Gasteiger partial charge in [-0.1, -0.05) is 12.2 Å². The van der Waals surface area contributed by atoms with Crippen LogP contribution in [0, 0.1) is 0 Å². The molecule has 0 spiro atoms. The Labute approximate surface area is 78.0 Å². The van der Waals surface area contributed by atoms with Crippen molar-refractivity contribution < 1.29 is 0 Å². The van der Waals surface area contributed by atoms with Crippen LogP contribution in [-0.4, -0.2) is 16.7 Å². The van der Waals surface area contributed by atoms with Gasteiger partial charge in [0.15, 0.2) is 0 Å². The molecule has 0 saturated heterocycles. The second-order valence-corrected chi connectivity index (χ2v) is 3.75. The Balaban J connectivity index is 2.53. The molecule has 2 nitrogen and oxygen atoms in total. The number of hydrogen-bond donors (Lipinski definition) is 0. The fourth-order valence-corrected chi connectivity index (χ4v) is 1.25. The normalized spacial score (nSPS) is 18.0. The summed E-state index contributed by atoms with van der Waals surface area (Å²) in [7, 11) is 0. The average molecular weight is 172 g/mol. The lowest BCUT2D eigenvalue weighted by Crippen LogP contribution is -2.11. The van der Waals surface area contributed by atoms with Crippen molar-refractivity contribution in [2.75, 3.05) is 0 Å². The minimum Gasteiger partial charge on any atom is -0.282 e. The summed E-state index contributed by atoms with van der Waals surface area (Å²) < 4.78 is 0. The number of aromatic nitrogens is 1. The van der Waals surface area contributed by atoms with Crippen LogP contribution in [0.3, 0.4) is 0 Å². The third kappa shape index (κ3) is 1.66. The van der Waals surface area contributed by atoms with Gasteiger partial charge in [0.25, 0.3) is 0 Å². The molecule has 0 fully saturated rings. The van der Waals surface area contributed by atoms with Crippen molar-refractivity contribution >= 4 is 12.3 Å². The first-order valence-electron chi connectivity index (χ1n) is 4.36. The highest BCUT2D eigenvalue weighted by Gasteiger charge is 2.13. The van der Waals surface area contributed by atoms with Crippen molar-refractivity contribution in [3.63, 3.8) is 0 Å². The molecular weight excluding hydrogens is 160 g/mol. The molecule has 0 atom stereocenters. The SMILES string of the molecule is CC1(C)C=Cc2cnccc2C=N1. The number of aliphatic imine (C=N–C) groups is 1. The Hall–Kier alpha value is -1.44. The maximum Gasteiger partial charge on any atom is 0.0735 e. The lowest BCUT2D eigenvalue weighted by Gasteiger charge is -2.11. The summed E-state index contributed by atoms with van der Waals surface area (Å²) in [6, 6.07) is 1.98. The molecule has 2 heterocycles. The van der Waals surface area contributed by atoms with Crippen molar-refractivity contribution in [3.8, 4) is 0 Å². The van der Waals surface area contributed by atoms with Gasteiger partial charge in [-0.15, -0.1) is 0 Å². The van der Waals surface area contributed by atoms with Crippen molar-refractivity contribution in [2.24, 2.45) is 4.99 Å². The highest BCUT2D eigenvalue weighted by molar-refractivity contribution is 5.86. The quantitative estimate of drug-likeness (QED) is 0.589. The van der Waals surface area contributed by atoms with Gasteiger partial charge in [-0.3, -0.25) is 9.98 Å². The van der Waals surface area contributed by atoms with Crippen molar-refractivity contribution in [1.29, 1.82) is 0 Å². The highest BCUT2D eigenvalue weighted by Crippen LogP contribution is 2.18. The van der Waals surface area contributed by atoms with E-state index in [9.17, 15) is 0 Å². The average Bonchev–Trinajstić information content (AvgIpc) is 2.27. The molecule has 13 heavy (non-hydrogen) atoms. The molecule has 0 unspecified atom stereocenters. The summed E-state index contributed by atoms with van der Waals surface area (Å²) in [4.78, 5) is 8.53. The zero-order valence-electron chi connectivity index (χ0n) is 7.86. The monoisotopic (exact) mass is 172 g/mol. The van der Waals surface area contributed by atoms with Crippen LogP contribution in [0.1, 0.15) is 25.0 Å². The molecule has 1 aliphatic rings. The van der Waals surface area contributed by atoms with E-state index < -0.39 is 0 Å². The molecule has 2 heteroatoms. The molecular formula is C11H12N2. The van der Waals surface area contributed by atoms with Gasteiger partial charge in [0.2, 0.25) is 0 Å². The summed E-state index contributed by atoms with van der Waals surface area (Å²) in [5.41, 5.74) is 2.17. The molecule has 0 aromatic carbocycles. The number of rotatable bonds is 0. The number of nitrogens with zero attached hydrogens (tertiary/aromatic N) is 2. The van der Waals surface area contributed by atoms with Gasteiger partial charge in [-0.25, -0.2) is 0 Å². The van der Waals surface area contributed by atoms with Crippen LogP contribution in [0.25, 0.3) is 6.08 Å². The van der Waals surface area contributed by atoms with E-state index in [1.165, 1.54) is 0 Å². The summed E-state index contributed by atoms with van der Waals surface area (Å²) >= 11 is 0. The largest absolute Gasteiger partial charge is 0.282 e. The van der Waals surface area contributed by atoms with E-state index in [-0.39, 0.29) is 5.54 Å². The van der Waals surface area contributed by atoms with E-state index in [0.717, 1.165) is 11.1 Å². The highest BCUT2D eigenvalue weighted by atomic mass is 14.8. The van der Waals surface area contributed by atoms with Crippen LogP contribution in [0.2, 0.25) is 0 Å². The smallest absolute Gasteiger partial charge is 0.0735 e. The predicted octanol–water partition coefficient (Wildman–Crippen LogP) is 2.31. The van der Waals surface area contributed by atoms with Gasteiger partial charge in [-0.05, 0) is 19.9 Å². The Morgan fingerprint density at radius 2 is 2.08 bits per heavy atom. The fourth-order valence-electron chi connectivity index (χ4n) is 1.25. The number of hydrogen-bond acceptors (Lipinski definition) is 2. The van der Waals surface area contributed by atoms with Crippen molar-refractivity contribution in [3.05, 3.63) is 35.7 Å². The standard InChI is InChI=1S/C11H12N2/c1-11(2)5-3-9-7-12-6-4-10(9)8-13-11/h3-8H,1-2H3. The van der Waals surface area contributed by atoms with Crippen LogP contribution in [0.4, 0.5) is 0 Å². The van der Waals surface area contributed by atoms with Crippen LogP contribution >= 0.6 is 0 Å². The zero-order valence-corrected chi connectivity index (χ0v) is 7.86.